The first-order valence-corrected chi connectivity index (χ1v) is 5.37. The quantitative estimate of drug-likeness (QED) is 0.676. The summed E-state index contributed by atoms with van der Waals surface area (Å²) < 4.78 is 0. The van der Waals surface area contributed by atoms with Crippen molar-refractivity contribution in [3.63, 3.8) is 0 Å². The van der Waals surface area contributed by atoms with Crippen molar-refractivity contribution in [1.82, 2.24) is 0 Å². The van der Waals surface area contributed by atoms with Crippen LogP contribution in [0.25, 0.3) is 0 Å². The molecule has 0 saturated carbocycles. The van der Waals surface area contributed by atoms with Gasteiger partial charge in [-0.3, -0.25) is 0 Å². The maximum atomic E-state index is 10.7. The van der Waals surface area contributed by atoms with Crippen LogP contribution in [0.1, 0.15) is 34.1 Å². The van der Waals surface area contributed by atoms with E-state index >= 15 is 0 Å². The third-order valence-electron chi connectivity index (χ3n) is 2.62. The van der Waals surface area contributed by atoms with Gasteiger partial charge in [-0.25, -0.2) is 0 Å². The maximum Gasteiger partial charge on any atom is 0.0726 e. The van der Waals surface area contributed by atoms with Crippen molar-refractivity contribution in [2.75, 3.05) is 0 Å². The number of aromatic carboxylic acids is 1. The molecule has 0 amide bonds. The van der Waals surface area contributed by atoms with Gasteiger partial charge >= 0.3 is 0 Å². The fourth-order valence-corrected chi connectivity index (χ4v) is 3.08. The van der Waals surface area contributed by atoms with Crippen LogP contribution in [0.2, 0.25) is 0 Å². The number of hydrogen-bond acceptors (Lipinski definition) is 3. The van der Waals surface area contributed by atoms with Gasteiger partial charge in [0.1, 0.15) is 0 Å². The highest BCUT2D eigenvalue weighted by molar-refractivity contribution is 7.10. The molecule has 0 saturated heterocycles. The first-order chi connectivity index (χ1) is 6.18. The molecule has 1 atom stereocenters. The average molecular weight is 195 g/mol. The van der Waals surface area contributed by atoms with Crippen LogP contribution in [0.5, 0.6) is 0 Å². The lowest BCUT2D eigenvalue weighted by Crippen LogP contribution is -2.24. The van der Waals surface area contributed by atoms with Crippen molar-refractivity contribution in [2.45, 2.75) is 26.2 Å². The number of fused-ring (bicyclic) bond motifs is 1. The Hall–Kier alpha value is -0.830. The van der Waals surface area contributed by atoms with Crippen molar-refractivity contribution >= 4 is 17.3 Å². The summed E-state index contributed by atoms with van der Waals surface area (Å²) in [7, 11) is 0. The summed E-state index contributed by atoms with van der Waals surface area (Å²) in [6.45, 7) is 2.21. The minimum absolute atomic E-state index is 0.423. The van der Waals surface area contributed by atoms with Crippen molar-refractivity contribution in [1.29, 1.82) is 0 Å². The summed E-state index contributed by atoms with van der Waals surface area (Å²) in [5, 5.41) is 12.4. The van der Waals surface area contributed by atoms with E-state index in [1.165, 1.54) is 4.88 Å². The van der Waals surface area contributed by atoms with E-state index in [9.17, 15) is 9.90 Å². The van der Waals surface area contributed by atoms with Gasteiger partial charge in [-0.1, -0.05) is 6.92 Å². The Balaban J connectivity index is 2.39. The van der Waals surface area contributed by atoms with E-state index in [1.807, 2.05) is 0 Å². The Bertz CT molecular complexity index is 341. The molecule has 0 N–H and O–H groups in total. The summed E-state index contributed by atoms with van der Waals surface area (Å²) >= 11 is 1.56. The lowest BCUT2D eigenvalue weighted by molar-refractivity contribution is -0.255. The molecule has 0 spiro atoms. The van der Waals surface area contributed by atoms with Crippen LogP contribution in [0.3, 0.4) is 0 Å². The number of carbonyl (C=O) groups is 1. The monoisotopic (exact) mass is 195 g/mol. The fraction of sp³-hybridized carbons (Fsp3) is 0.500. The molecule has 1 aliphatic rings. The number of hydrogen-bond donors (Lipinski definition) is 0. The molecule has 0 unspecified atom stereocenters. The third kappa shape index (κ3) is 1.48. The molecule has 0 bridgehead atoms. The van der Waals surface area contributed by atoms with Gasteiger partial charge in [-0.15, -0.1) is 11.3 Å². The molecule has 13 heavy (non-hydrogen) atoms. The number of carbonyl (C=O) groups excluding carboxylic acids is 1. The predicted octanol–water partition coefficient (Wildman–Crippen LogP) is 1.24. The number of carboxylic acids is 1. The molecular weight excluding hydrogens is 184 g/mol. The van der Waals surface area contributed by atoms with Crippen molar-refractivity contribution in [2.24, 2.45) is 5.92 Å². The van der Waals surface area contributed by atoms with Gasteiger partial charge in [0.05, 0.1) is 5.97 Å². The second-order valence-corrected chi connectivity index (χ2v) is 4.65. The minimum Gasteiger partial charge on any atom is -0.545 e. The molecule has 0 aliphatic heterocycles. The second-order valence-electron chi connectivity index (χ2n) is 3.69. The largest absolute Gasteiger partial charge is 0.545 e. The highest BCUT2D eigenvalue weighted by Gasteiger charge is 2.19. The van der Waals surface area contributed by atoms with E-state index in [0.717, 1.165) is 24.8 Å². The molecule has 1 aliphatic carbocycles. The zero-order valence-electron chi connectivity index (χ0n) is 7.50. The van der Waals surface area contributed by atoms with E-state index in [1.54, 1.807) is 16.7 Å². The van der Waals surface area contributed by atoms with Gasteiger partial charge in [-0.05, 0) is 30.7 Å². The Morgan fingerprint density at radius 1 is 1.69 bits per heavy atom. The van der Waals surface area contributed by atoms with Crippen LogP contribution in [0, 0.1) is 5.92 Å². The van der Waals surface area contributed by atoms with Crippen LogP contribution < -0.4 is 5.11 Å². The maximum absolute atomic E-state index is 10.7. The lowest BCUT2D eigenvalue weighted by atomic mass is 9.89. The number of thiophene rings is 1. The third-order valence-corrected chi connectivity index (χ3v) is 3.67. The molecule has 0 fully saturated rings. The van der Waals surface area contributed by atoms with Crippen LogP contribution >= 0.6 is 11.3 Å². The Morgan fingerprint density at radius 3 is 3.15 bits per heavy atom. The molecule has 3 heteroatoms. The zero-order chi connectivity index (χ0) is 9.42. The molecule has 2 nitrogen and oxygen atoms in total. The summed E-state index contributed by atoms with van der Waals surface area (Å²) in [5.41, 5.74) is 1.45. The Labute approximate surface area is 81.2 Å². The number of carboxylic acid groups (broad SMARTS) is 1. The van der Waals surface area contributed by atoms with E-state index in [4.69, 9.17) is 0 Å². The van der Waals surface area contributed by atoms with Crippen LogP contribution in [-0.2, 0) is 12.8 Å². The van der Waals surface area contributed by atoms with Gasteiger partial charge in [-0.2, -0.15) is 0 Å². The zero-order valence-corrected chi connectivity index (χ0v) is 8.32. The van der Waals surface area contributed by atoms with Gasteiger partial charge in [0.25, 0.3) is 0 Å². The molecule has 2 rings (SSSR count). The molecule has 1 aromatic rings. The highest BCUT2D eigenvalue weighted by atomic mass is 32.1. The highest BCUT2D eigenvalue weighted by Crippen LogP contribution is 2.32. The van der Waals surface area contributed by atoms with E-state index in [2.05, 4.69) is 6.92 Å². The molecule has 70 valence electrons. The molecular formula is C10H11O2S-. The summed E-state index contributed by atoms with van der Waals surface area (Å²) in [4.78, 5) is 12.0. The van der Waals surface area contributed by atoms with Crippen molar-refractivity contribution in [3.05, 3.63) is 21.4 Å². The normalized spacial score (nSPS) is 21.2. The molecule has 1 heterocycles. The SMILES string of the molecule is C[C@@H]1CCc2c(C(=O)[O-])csc2C1. The second kappa shape index (κ2) is 3.14. The molecule has 0 radical (unpaired) electrons. The van der Waals surface area contributed by atoms with E-state index in [-0.39, 0.29) is 0 Å². The fourth-order valence-electron chi connectivity index (χ4n) is 1.85. The summed E-state index contributed by atoms with van der Waals surface area (Å²) in [6, 6.07) is 0. The summed E-state index contributed by atoms with van der Waals surface area (Å²) in [5.74, 6) is -0.326. The predicted molar refractivity (Wildman–Crippen MR) is 49.8 cm³/mol. The van der Waals surface area contributed by atoms with Crippen molar-refractivity contribution < 1.29 is 9.90 Å². The molecule has 1 aromatic heterocycles. The van der Waals surface area contributed by atoms with Crippen molar-refractivity contribution in [3.8, 4) is 0 Å². The molecule has 0 aromatic carbocycles. The van der Waals surface area contributed by atoms with Crippen LogP contribution in [0.15, 0.2) is 5.38 Å². The first-order valence-electron chi connectivity index (χ1n) is 4.49. The minimum atomic E-state index is -1.02. The topological polar surface area (TPSA) is 40.1 Å². The van der Waals surface area contributed by atoms with Gasteiger partial charge in [0.15, 0.2) is 0 Å². The standard InChI is InChI=1S/C10H12O2S/c1-6-2-3-7-8(10(11)12)5-13-9(7)4-6/h5-6H,2-4H2,1H3,(H,11,12)/p-1/t6-/m1/s1. The lowest BCUT2D eigenvalue weighted by Gasteiger charge is -2.19. The van der Waals surface area contributed by atoms with Crippen LogP contribution in [0.4, 0.5) is 0 Å². The first kappa shape index (κ1) is 8.75. The number of rotatable bonds is 1. The van der Waals surface area contributed by atoms with E-state index in [0.29, 0.717) is 11.5 Å². The van der Waals surface area contributed by atoms with E-state index < -0.39 is 5.97 Å². The Kier molecular flexibility index (Phi) is 2.12. The van der Waals surface area contributed by atoms with Gasteiger partial charge in [0, 0.05) is 15.8 Å². The van der Waals surface area contributed by atoms with Crippen LogP contribution in [-0.4, -0.2) is 5.97 Å². The smallest absolute Gasteiger partial charge is 0.0726 e. The van der Waals surface area contributed by atoms with Gasteiger partial charge < -0.3 is 9.90 Å². The average Bonchev–Trinajstić information content (AvgIpc) is 2.46. The van der Waals surface area contributed by atoms with Gasteiger partial charge in [0.2, 0.25) is 0 Å². The summed E-state index contributed by atoms with van der Waals surface area (Å²) in [6.07, 6.45) is 3.04. The Morgan fingerprint density at radius 2 is 2.46 bits per heavy atom.